The first kappa shape index (κ1) is 15.7. The molecule has 0 radical (unpaired) electrons. The summed E-state index contributed by atoms with van der Waals surface area (Å²) in [5.41, 5.74) is 9.48. The van der Waals surface area contributed by atoms with Crippen molar-refractivity contribution < 1.29 is 4.79 Å². The monoisotopic (exact) mass is 262 g/mol. The highest BCUT2D eigenvalue weighted by molar-refractivity contribution is 5.81. The normalized spacial score (nSPS) is 14.3. The zero-order valence-corrected chi connectivity index (χ0v) is 12.7. The van der Waals surface area contributed by atoms with Crippen molar-refractivity contribution in [3.05, 3.63) is 34.9 Å². The van der Waals surface area contributed by atoms with E-state index < -0.39 is 6.04 Å². The van der Waals surface area contributed by atoms with Crippen LogP contribution in [0.3, 0.4) is 0 Å². The first-order valence-corrected chi connectivity index (χ1v) is 6.94. The lowest BCUT2D eigenvalue weighted by Crippen LogP contribution is -2.42. The molecule has 106 valence electrons. The lowest BCUT2D eigenvalue weighted by Gasteiger charge is -2.20. The number of nitrogens with one attached hydrogen (secondary N) is 1. The molecular formula is C16H26N2O. The maximum absolute atomic E-state index is 12.0. The summed E-state index contributed by atoms with van der Waals surface area (Å²) in [5, 5.41) is 3.00. The average Bonchev–Trinajstić information content (AvgIpc) is 2.27. The van der Waals surface area contributed by atoms with Gasteiger partial charge in [-0.15, -0.1) is 0 Å². The molecule has 0 heterocycles. The largest absolute Gasteiger partial charge is 0.348 e. The van der Waals surface area contributed by atoms with Crippen LogP contribution in [-0.4, -0.2) is 11.9 Å². The Kier molecular flexibility index (Phi) is 5.55. The van der Waals surface area contributed by atoms with Gasteiger partial charge in [-0.3, -0.25) is 4.79 Å². The molecule has 0 aliphatic heterocycles. The fourth-order valence-electron chi connectivity index (χ4n) is 2.32. The van der Waals surface area contributed by atoms with Gasteiger partial charge in [0.2, 0.25) is 5.91 Å². The second kappa shape index (κ2) is 6.71. The lowest BCUT2D eigenvalue weighted by atomic mass is 9.99. The molecule has 0 bridgehead atoms. The SMILES string of the molecule is Cc1ccc(C(C)NC(=O)[C@H](N)CC(C)C)c(C)c1. The summed E-state index contributed by atoms with van der Waals surface area (Å²) in [5.74, 6) is 0.360. The summed E-state index contributed by atoms with van der Waals surface area (Å²) in [4.78, 5) is 12.0. The fourth-order valence-corrected chi connectivity index (χ4v) is 2.32. The average molecular weight is 262 g/mol. The van der Waals surface area contributed by atoms with Crippen LogP contribution in [0.5, 0.6) is 0 Å². The van der Waals surface area contributed by atoms with E-state index in [-0.39, 0.29) is 11.9 Å². The molecule has 1 aromatic rings. The predicted molar refractivity (Wildman–Crippen MR) is 79.9 cm³/mol. The molecule has 1 amide bonds. The van der Waals surface area contributed by atoms with E-state index in [2.05, 4.69) is 51.2 Å². The minimum atomic E-state index is -0.423. The molecule has 3 N–H and O–H groups in total. The first-order chi connectivity index (χ1) is 8.81. The van der Waals surface area contributed by atoms with Gasteiger partial charge in [0, 0.05) is 0 Å². The molecule has 0 saturated heterocycles. The standard InChI is InChI=1S/C16H26N2O/c1-10(2)8-15(17)16(19)18-13(5)14-7-6-11(3)9-12(14)4/h6-7,9-10,13,15H,8,17H2,1-5H3,(H,18,19)/t13?,15-/m1/s1. The van der Waals surface area contributed by atoms with Crippen LogP contribution < -0.4 is 11.1 Å². The van der Waals surface area contributed by atoms with E-state index in [4.69, 9.17) is 5.73 Å². The third kappa shape index (κ3) is 4.67. The molecule has 0 saturated carbocycles. The number of carbonyl (C=O) groups is 1. The van der Waals surface area contributed by atoms with Crippen molar-refractivity contribution in [3.63, 3.8) is 0 Å². The maximum Gasteiger partial charge on any atom is 0.237 e. The summed E-state index contributed by atoms with van der Waals surface area (Å²) in [7, 11) is 0. The van der Waals surface area contributed by atoms with Gasteiger partial charge in [-0.05, 0) is 44.2 Å². The van der Waals surface area contributed by atoms with Crippen LogP contribution in [0.2, 0.25) is 0 Å². The van der Waals surface area contributed by atoms with Crippen LogP contribution in [0.4, 0.5) is 0 Å². The highest BCUT2D eigenvalue weighted by atomic mass is 16.2. The number of benzene rings is 1. The zero-order chi connectivity index (χ0) is 14.6. The van der Waals surface area contributed by atoms with E-state index in [1.807, 2.05) is 6.92 Å². The van der Waals surface area contributed by atoms with Crippen molar-refractivity contribution in [1.82, 2.24) is 5.32 Å². The number of hydrogen-bond donors (Lipinski definition) is 2. The van der Waals surface area contributed by atoms with Crippen molar-refractivity contribution >= 4 is 5.91 Å². The molecule has 3 nitrogen and oxygen atoms in total. The van der Waals surface area contributed by atoms with Gasteiger partial charge < -0.3 is 11.1 Å². The van der Waals surface area contributed by atoms with E-state index in [9.17, 15) is 4.79 Å². The number of rotatable bonds is 5. The third-order valence-electron chi connectivity index (χ3n) is 3.31. The van der Waals surface area contributed by atoms with E-state index >= 15 is 0 Å². The van der Waals surface area contributed by atoms with Gasteiger partial charge >= 0.3 is 0 Å². The Morgan fingerprint density at radius 1 is 1.26 bits per heavy atom. The number of carbonyl (C=O) groups excluding carboxylic acids is 1. The van der Waals surface area contributed by atoms with Gasteiger partial charge in [0.05, 0.1) is 12.1 Å². The molecule has 2 atom stereocenters. The molecule has 1 rings (SSSR count). The highest BCUT2D eigenvalue weighted by Crippen LogP contribution is 2.18. The van der Waals surface area contributed by atoms with Gasteiger partial charge in [0.15, 0.2) is 0 Å². The minimum absolute atomic E-state index is 0.00804. The third-order valence-corrected chi connectivity index (χ3v) is 3.31. The summed E-state index contributed by atoms with van der Waals surface area (Å²) in [6, 6.07) is 5.84. The molecule has 3 heteroatoms. The van der Waals surface area contributed by atoms with Crippen molar-refractivity contribution in [3.8, 4) is 0 Å². The molecule has 0 spiro atoms. The number of amides is 1. The molecule has 19 heavy (non-hydrogen) atoms. The summed E-state index contributed by atoms with van der Waals surface area (Å²) < 4.78 is 0. The van der Waals surface area contributed by atoms with Gasteiger partial charge in [-0.2, -0.15) is 0 Å². The lowest BCUT2D eigenvalue weighted by molar-refractivity contribution is -0.123. The van der Waals surface area contributed by atoms with Gasteiger partial charge in [0.1, 0.15) is 0 Å². The summed E-state index contributed by atoms with van der Waals surface area (Å²) in [6.45, 7) is 10.3. The topological polar surface area (TPSA) is 55.1 Å². The molecule has 0 aromatic heterocycles. The highest BCUT2D eigenvalue weighted by Gasteiger charge is 2.18. The Labute approximate surface area is 116 Å². The molecule has 0 aliphatic carbocycles. The van der Waals surface area contributed by atoms with Gasteiger partial charge in [-0.25, -0.2) is 0 Å². The Morgan fingerprint density at radius 2 is 1.89 bits per heavy atom. The van der Waals surface area contributed by atoms with Crippen molar-refractivity contribution in [2.24, 2.45) is 11.7 Å². The first-order valence-electron chi connectivity index (χ1n) is 6.94. The predicted octanol–water partition coefficient (Wildman–Crippen LogP) is 2.85. The smallest absolute Gasteiger partial charge is 0.237 e. The Hall–Kier alpha value is -1.35. The van der Waals surface area contributed by atoms with Crippen molar-refractivity contribution in [1.29, 1.82) is 0 Å². The van der Waals surface area contributed by atoms with Crippen LogP contribution in [0.15, 0.2) is 18.2 Å². The minimum Gasteiger partial charge on any atom is -0.348 e. The number of aryl methyl sites for hydroxylation is 2. The molecule has 1 aromatic carbocycles. The fraction of sp³-hybridized carbons (Fsp3) is 0.562. The molecule has 1 unspecified atom stereocenters. The maximum atomic E-state index is 12.0. The Morgan fingerprint density at radius 3 is 2.42 bits per heavy atom. The quantitative estimate of drug-likeness (QED) is 0.857. The number of hydrogen-bond acceptors (Lipinski definition) is 2. The van der Waals surface area contributed by atoms with E-state index in [0.29, 0.717) is 12.3 Å². The van der Waals surface area contributed by atoms with Crippen LogP contribution in [0, 0.1) is 19.8 Å². The molecular weight excluding hydrogens is 236 g/mol. The van der Waals surface area contributed by atoms with Crippen LogP contribution in [0.25, 0.3) is 0 Å². The number of nitrogens with two attached hydrogens (primary N) is 1. The van der Waals surface area contributed by atoms with E-state index in [0.717, 1.165) is 5.56 Å². The van der Waals surface area contributed by atoms with Gasteiger partial charge in [0.25, 0.3) is 0 Å². The molecule has 0 aliphatic rings. The van der Waals surface area contributed by atoms with Crippen molar-refractivity contribution in [2.45, 2.75) is 53.1 Å². The van der Waals surface area contributed by atoms with Crippen LogP contribution in [-0.2, 0) is 4.79 Å². The Bertz CT molecular complexity index is 440. The van der Waals surface area contributed by atoms with Gasteiger partial charge in [-0.1, -0.05) is 37.6 Å². The zero-order valence-electron chi connectivity index (χ0n) is 12.7. The van der Waals surface area contributed by atoms with E-state index in [1.165, 1.54) is 11.1 Å². The molecule has 0 fully saturated rings. The summed E-state index contributed by atoms with van der Waals surface area (Å²) >= 11 is 0. The second-order valence-electron chi connectivity index (χ2n) is 5.83. The van der Waals surface area contributed by atoms with E-state index in [1.54, 1.807) is 0 Å². The van der Waals surface area contributed by atoms with Crippen LogP contribution in [0.1, 0.15) is 49.9 Å². The summed E-state index contributed by atoms with van der Waals surface area (Å²) in [6.07, 6.45) is 0.714. The van der Waals surface area contributed by atoms with Crippen molar-refractivity contribution in [2.75, 3.05) is 0 Å². The van der Waals surface area contributed by atoms with Crippen LogP contribution >= 0.6 is 0 Å². The Balaban J connectivity index is 2.68. The second-order valence-corrected chi connectivity index (χ2v) is 5.83.